The summed E-state index contributed by atoms with van der Waals surface area (Å²) < 4.78 is 36.5. The van der Waals surface area contributed by atoms with Crippen molar-refractivity contribution >= 4 is 34.7 Å². The van der Waals surface area contributed by atoms with Crippen LogP contribution in [0, 0.1) is 0 Å². The van der Waals surface area contributed by atoms with E-state index in [0.717, 1.165) is 39.3 Å². The van der Waals surface area contributed by atoms with Gasteiger partial charge in [-0.15, -0.1) is 0 Å². The molecule has 3 atom stereocenters. The van der Waals surface area contributed by atoms with Crippen LogP contribution in [0.2, 0.25) is 0 Å². The molecule has 3 fully saturated rings. The molecule has 0 amide bonds. The molecule has 3 rings (SSSR count). The van der Waals surface area contributed by atoms with Crippen molar-refractivity contribution in [3.8, 4) is 0 Å². The third-order valence-electron chi connectivity index (χ3n) is 4.16. The predicted octanol–water partition coefficient (Wildman–Crippen LogP) is 3.96. The van der Waals surface area contributed by atoms with Gasteiger partial charge < -0.3 is 0 Å². The summed E-state index contributed by atoms with van der Waals surface area (Å²) in [5.41, 5.74) is 0. The molecule has 0 N–H and O–H groups in total. The summed E-state index contributed by atoms with van der Waals surface area (Å²) in [5, 5.41) is 0. The summed E-state index contributed by atoms with van der Waals surface area (Å²) >= 11 is 0. The summed E-state index contributed by atoms with van der Waals surface area (Å²) in [7, 11) is -3.25. The van der Waals surface area contributed by atoms with Gasteiger partial charge >= 0.3 is 7.82 Å². The lowest BCUT2D eigenvalue weighted by Gasteiger charge is -2.24. The standard InChI is InChI=1S/C12H27N3O4P4/c16-23(17-20-13-7-1-2-8-13,18-21-14-9-3-4-10-14)19-22-15-11-5-6-12-15/h20-22H,1-12H2. The zero-order valence-corrected chi connectivity index (χ0v) is 17.3. The second-order valence-corrected chi connectivity index (χ2v) is 11.6. The number of hydrogen-bond donors (Lipinski definition) is 0. The minimum absolute atomic E-state index is 0.0700. The molecule has 3 aliphatic heterocycles. The number of hydrogen-bond acceptors (Lipinski definition) is 7. The molecule has 0 aromatic rings. The second-order valence-electron chi connectivity index (χ2n) is 6.08. The Balaban J connectivity index is 1.47. The van der Waals surface area contributed by atoms with Gasteiger partial charge in [-0.2, -0.15) is 0 Å². The van der Waals surface area contributed by atoms with Crippen molar-refractivity contribution in [2.45, 2.75) is 38.5 Å². The Hall–Kier alpha value is 1.28. The maximum absolute atomic E-state index is 13.0. The van der Waals surface area contributed by atoms with Gasteiger partial charge in [0.1, 0.15) is 26.9 Å². The van der Waals surface area contributed by atoms with E-state index in [9.17, 15) is 4.57 Å². The second kappa shape index (κ2) is 9.83. The molecule has 7 nitrogen and oxygen atoms in total. The average Bonchev–Trinajstić information content (AvgIpc) is 3.33. The highest BCUT2D eigenvalue weighted by Crippen LogP contribution is 2.63. The molecule has 0 aliphatic carbocycles. The molecule has 0 saturated carbocycles. The van der Waals surface area contributed by atoms with Gasteiger partial charge in [0, 0.05) is 39.3 Å². The van der Waals surface area contributed by atoms with Gasteiger partial charge in [0.15, 0.2) is 0 Å². The fourth-order valence-corrected chi connectivity index (χ4v) is 8.34. The maximum atomic E-state index is 13.0. The van der Waals surface area contributed by atoms with Crippen LogP contribution in [0.15, 0.2) is 0 Å². The minimum Gasteiger partial charge on any atom is -0.262 e. The summed E-state index contributed by atoms with van der Waals surface area (Å²) in [6.07, 6.45) is 7.13. The van der Waals surface area contributed by atoms with Crippen molar-refractivity contribution in [3.63, 3.8) is 0 Å². The van der Waals surface area contributed by atoms with Crippen molar-refractivity contribution in [3.05, 3.63) is 0 Å². The smallest absolute Gasteiger partial charge is 0.262 e. The summed E-state index contributed by atoms with van der Waals surface area (Å²) in [6, 6.07) is 0. The Bertz CT molecular complexity index is 345. The molecule has 134 valence electrons. The molecule has 11 heteroatoms. The highest BCUT2D eigenvalue weighted by molar-refractivity contribution is 7.64. The van der Waals surface area contributed by atoms with E-state index >= 15 is 0 Å². The van der Waals surface area contributed by atoms with Crippen molar-refractivity contribution in [2.75, 3.05) is 39.3 Å². The lowest BCUT2D eigenvalue weighted by atomic mass is 10.4. The van der Waals surface area contributed by atoms with Crippen molar-refractivity contribution in [1.82, 2.24) is 14.0 Å². The first-order chi connectivity index (χ1) is 11.2. The van der Waals surface area contributed by atoms with Crippen LogP contribution >= 0.6 is 34.7 Å². The molecule has 3 aliphatic rings. The van der Waals surface area contributed by atoms with Crippen molar-refractivity contribution < 1.29 is 17.5 Å². The van der Waals surface area contributed by atoms with E-state index in [4.69, 9.17) is 12.9 Å². The first-order valence-electron chi connectivity index (χ1n) is 8.41. The largest absolute Gasteiger partial charge is 0.487 e. The first kappa shape index (κ1) is 19.1. The lowest BCUT2D eigenvalue weighted by Crippen LogP contribution is -2.10. The minimum atomic E-state index is -3.46. The van der Waals surface area contributed by atoms with Crippen molar-refractivity contribution in [1.29, 1.82) is 0 Å². The summed E-state index contributed by atoms with van der Waals surface area (Å²) in [4.78, 5) is 0. The molecule has 3 saturated heterocycles. The third-order valence-corrected chi connectivity index (χ3v) is 9.94. The maximum Gasteiger partial charge on any atom is 0.487 e. The lowest BCUT2D eigenvalue weighted by molar-refractivity contribution is 0.315. The van der Waals surface area contributed by atoms with Crippen LogP contribution in [0.4, 0.5) is 0 Å². The number of nitrogens with zero attached hydrogens (tertiary/aromatic N) is 3. The van der Waals surface area contributed by atoms with Crippen LogP contribution in [-0.4, -0.2) is 53.3 Å². The van der Waals surface area contributed by atoms with Crippen LogP contribution in [0.1, 0.15) is 38.5 Å². The Kier molecular flexibility index (Phi) is 8.15. The average molecular weight is 401 g/mol. The molecule has 0 bridgehead atoms. The molecule has 3 heterocycles. The first-order valence-corrected chi connectivity index (χ1v) is 12.4. The van der Waals surface area contributed by atoms with Gasteiger partial charge in [-0.3, -0.25) is 26.9 Å². The molecular formula is C12H27N3O4P4. The van der Waals surface area contributed by atoms with Gasteiger partial charge in [0.25, 0.3) is 0 Å². The zero-order valence-electron chi connectivity index (χ0n) is 13.4. The molecule has 0 radical (unpaired) electrons. The van der Waals surface area contributed by atoms with E-state index in [1.807, 2.05) is 0 Å². The molecule has 23 heavy (non-hydrogen) atoms. The van der Waals surface area contributed by atoms with Crippen LogP contribution in [0.25, 0.3) is 0 Å². The van der Waals surface area contributed by atoms with E-state index in [1.165, 1.54) is 38.5 Å². The van der Waals surface area contributed by atoms with Gasteiger partial charge in [0.05, 0.1) is 0 Å². The van der Waals surface area contributed by atoms with Crippen LogP contribution in [0.5, 0.6) is 0 Å². The van der Waals surface area contributed by atoms with Crippen LogP contribution < -0.4 is 0 Å². The molecular weight excluding hydrogens is 374 g/mol. The highest BCUT2D eigenvalue weighted by Gasteiger charge is 2.32. The highest BCUT2D eigenvalue weighted by atomic mass is 31.3. The molecule has 0 aromatic heterocycles. The summed E-state index contributed by atoms with van der Waals surface area (Å²) in [5.74, 6) is 0. The monoisotopic (exact) mass is 401 g/mol. The quantitative estimate of drug-likeness (QED) is 0.542. The van der Waals surface area contributed by atoms with E-state index in [2.05, 4.69) is 14.0 Å². The number of rotatable bonds is 9. The summed E-state index contributed by atoms with van der Waals surface area (Å²) in [6.45, 7) is 6.09. The fourth-order valence-electron chi connectivity index (χ4n) is 2.80. The third kappa shape index (κ3) is 6.50. The fraction of sp³-hybridized carbons (Fsp3) is 1.00. The topological polar surface area (TPSA) is 54.5 Å². The van der Waals surface area contributed by atoms with Gasteiger partial charge in [-0.1, -0.05) is 0 Å². The Labute approximate surface area is 144 Å². The van der Waals surface area contributed by atoms with Crippen LogP contribution in [0.3, 0.4) is 0 Å². The Morgan fingerprint density at radius 3 is 1.09 bits per heavy atom. The number of phosphoric acid groups is 1. The van der Waals surface area contributed by atoms with Crippen LogP contribution in [-0.2, 0) is 17.5 Å². The van der Waals surface area contributed by atoms with E-state index in [1.54, 1.807) is 0 Å². The van der Waals surface area contributed by atoms with E-state index in [0.29, 0.717) is 0 Å². The predicted molar refractivity (Wildman–Crippen MR) is 98.2 cm³/mol. The van der Waals surface area contributed by atoms with E-state index < -0.39 is 7.82 Å². The molecule has 0 spiro atoms. The van der Waals surface area contributed by atoms with Gasteiger partial charge in [-0.25, -0.2) is 4.57 Å². The Morgan fingerprint density at radius 2 is 0.826 bits per heavy atom. The Morgan fingerprint density at radius 1 is 0.565 bits per heavy atom. The molecule has 0 aromatic carbocycles. The van der Waals surface area contributed by atoms with E-state index in [-0.39, 0.29) is 26.9 Å². The van der Waals surface area contributed by atoms with Gasteiger partial charge in [-0.05, 0) is 38.5 Å². The molecule has 3 unspecified atom stereocenters. The van der Waals surface area contributed by atoms with Crippen molar-refractivity contribution in [2.24, 2.45) is 0 Å². The zero-order chi connectivity index (χ0) is 16.0. The SMILES string of the molecule is O=P(OPN1CCCC1)(OPN1CCCC1)OPN1CCCC1. The normalized spacial score (nSPS) is 28.5. The van der Waals surface area contributed by atoms with Gasteiger partial charge in [0.2, 0.25) is 0 Å².